The summed E-state index contributed by atoms with van der Waals surface area (Å²) in [6.07, 6.45) is 2.14. The maximum atomic E-state index is 15.6. The van der Waals surface area contributed by atoms with Crippen LogP contribution in [0.2, 0.25) is 0 Å². The van der Waals surface area contributed by atoms with E-state index in [1.807, 2.05) is 25.2 Å². The standard InChI is InChI=1S/C28H30F2N6O2S/c1-31-24-8-7-18(17-32-24)27-33-26-21(28(34-27)36-10-12-38-13-11-36)15-19(16-23(26)37-2)20-5-3-6-22(25(20)30)35-39-14-4-9-29/h3,5-8,15-17,35H,4,9-14H2,1-2H3,(H,31,32). The van der Waals surface area contributed by atoms with Crippen LogP contribution in [0.1, 0.15) is 6.42 Å². The van der Waals surface area contributed by atoms with E-state index in [1.165, 1.54) is 11.9 Å². The van der Waals surface area contributed by atoms with E-state index in [0.717, 1.165) is 22.6 Å². The Bertz CT molecular complexity index is 1430. The van der Waals surface area contributed by atoms with Crippen molar-refractivity contribution in [3.8, 4) is 28.3 Å². The molecule has 0 unspecified atom stereocenters. The van der Waals surface area contributed by atoms with Gasteiger partial charge < -0.3 is 24.4 Å². The van der Waals surface area contributed by atoms with Crippen LogP contribution in [0.3, 0.4) is 0 Å². The van der Waals surface area contributed by atoms with Crippen molar-refractivity contribution in [2.45, 2.75) is 6.42 Å². The van der Waals surface area contributed by atoms with Crippen molar-refractivity contribution in [1.29, 1.82) is 0 Å². The predicted octanol–water partition coefficient (Wildman–Crippen LogP) is 5.80. The van der Waals surface area contributed by atoms with Crippen LogP contribution < -0.4 is 19.7 Å². The van der Waals surface area contributed by atoms with Crippen LogP contribution in [-0.2, 0) is 4.74 Å². The molecule has 1 saturated heterocycles. The van der Waals surface area contributed by atoms with Gasteiger partial charge in [0.1, 0.15) is 22.9 Å². The third-order valence-electron chi connectivity index (χ3n) is 6.43. The van der Waals surface area contributed by atoms with Gasteiger partial charge in [-0.1, -0.05) is 24.1 Å². The monoisotopic (exact) mass is 552 g/mol. The second-order valence-electron chi connectivity index (χ2n) is 8.89. The maximum absolute atomic E-state index is 15.6. The number of hydrogen-bond donors (Lipinski definition) is 2. The Morgan fingerprint density at radius 2 is 1.95 bits per heavy atom. The molecular weight excluding hydrogens is 522 g/mol. The molecule has 0 radical (unpaired) electrons. The largest absolute Gasteiger partial charge is 0.494 e. The van der Waals surface area contributed by atoms with Gasteiger partial charge in [0.15, 0.2) is 11.6 Å². The number of benzene rings is 2. The third-order valence-corrected chi connectivity index (χ3v) is 7.28. The highest BCUT2D eigenvalue weighted by molar-refractivity contribution is 8.00. The topological polar surface area (TPSA) is 84.4 Å². The van der Waals surface area contributed by atoms with E-state index in [4.69, 9.17) is 19.4 Å². The number of methoxy groups -OCH3 is 1. The van der Waals surface area contributed by atoms with E-state index in [2.05, 4.69) is 19.9 Å². The minimum Gasteiger partial charge on any atom is -0.494 e. The Kier molecular flexibility index (Phi) is 8.58. The molecule has 0 aliphatic carbocycles. The number of nitrogens with one attached hydrogen (secondary N) is 2. The van der Waals surface area contributed by atoms with Crippen LogP contribution in [0.5, 0.6) is 5.75 Å². The lowest BCUT2D eigenvalue weighted by atomic mass is 10.0. The van der Waals surface area contributed by atoms with E-state index in [9.17, 15) is 4.39 Å². The van der Waals surface area contributed by atoms with Crippen molar-refractivity contribution in [2.24, 2.45) is 0 Å². The van der Waals surface area contributed by atoms with Crippen LogP contribution in [0.15, 0.2) is 48.7 Å². The number of alkyl halides is 1. The fourth-order valence-corrected chi connectivity index (χ4v) is 5.07. The molecule has 2 aromatic heterocycles. The number of nitrogens with zero attached hydrogens (tertiary/aromatic N) is 4. The summed E-state index contributed by atoms with van der Waals surface area (Å²) in [6, 6.07) is 12.7. The molecule has 1 fully saturated rings. The molecular formula is C28H30F2N6O2S. The number of hydrogen-bond acceptors (Lipinski definition) is 9. The number of anilines is 3. The lowest BCUT2D eigenvalue weighted by Gasteiger charge is -2.29. The number of pyridine rings is 1. The van der Waals surface area contributed by atoms with E-state index >= 15 is 4.39 Å². The molecule has 204 valence electrons. The molecule has 8 nitrogen and oxygen atoms in total. The highest BCUT2D eigenvalue weighted by Gasteiger charge is 2.22. The lowest BCUT2D eigenvalue weighted by molar-refractivity contribution is 0.122. The van der Waals surface area contributed by atoms with E-state index in [1.54, 1.807) is 37.6 Å². The molecule has 3 heterocycles. The Labute approximate surface area is 230 Å². The summed E-state index contributed by atoms with van der Waals surface area (Å²) in [5, 5.41) is 3.77. The summed E-state index contributed by atoms with van der Waals surface area (Å²) in [6.45, 7) is 2.09. The van der Waals surface area contributed by atoms with E-state index in [0.29, 0.717) is 72.4 Å². The van der Waals surface area contributed by atoms with Gasteiger partial charge in [-0.2, -0.15) is 0 Å². The first-order valence-corrected chi connectivity index (χ1v) is 13.7. The van der Waals surface area contributed by atoms with Crippen molar-refractivity contribution in [2.75, 3.05) is 67.8 Å². The summed E-state index contributed by atoms with van der Waals surface area (Å²) in [4.78, 5) is 16.4. The van der Waals surface area contributed by atoms with Gasteiger partial charge >= 0.3 is 0 Å². The fourth-order valence-electron chi connectivity index (χ4n) is 4.40. The number of aromatic nitrogens is 3. The zero-order valence-electron chi connectivity index (χ0n) is 21.8. The Morgan fingerprint density at radius 1 is 1.10 bits per heavy atom. The SMILES string of the molecule is CNc1ccc(-c2nc(N3CCOCC3)c3cc(-c4cccc(NSCCCF)c4F)cc(OC)c3n2)cn1. The minimum atomic E-state index is -0.402. The molecule has 0 atom stereocenters. The van der Waals surface area contributed by atoms with E-state index < -0.39 is 12.5 Å². The number of halogens is 2. The van der Waals surface area contributed by atoms with Crippen molar-refractivity contribution in [3.05, 3.63) is 54.5 Å². The molecule has 0 saturated carbocycles. The Balaban J connectivity index is 1.63. The first-order chi connectivity index (χ1) is 19.1. The summed E-state index contributed by atoms with van der Waals surface area (Å²) in [5.74, 6) is 2.65. The van der Waals surface area contributed by atoms with Gasteiger partial charge in [-0.25, -0.2) is 19.3 Å². The molecule has 0 amide bonds. The van der Waals surface area contributed by atoms with E-state index in [-0.39, 0.29) is 0 Å². The molecule has 4 aromatic rings. The fraction of sp³-hybridized carbons (Fsp3) is 0.321. The van der Waals surface area contributed by atoms with Crippen LogP contribution in [-0.4, -0.2) is 67.8 Å². The average Bonchev–Trinajstić information content (AvgIpc) is 2.99. The van der Waals surface area contributed by atoms with Crippen molar-refractivity contribution in [3.63, 3.8) is 0 Å². The van der Waals surface area contributed by atoms with Gasteiger partial charge in [0.05, 0.1) is 32.7 Å². The average molecular weight is 553 g/mol. The molecule has 39 heavy (non-hydrogen) atoms. The molecule has 2 N–H and O–H groups in total. The number of fused-ring (bicyclic) bond motifs is 1. The second-order valence-corrected chi connectivity index (χ2v) is 9.79. The van der Waals surface area contributed by atoms with Gasteiger partial charge in [0.2, 0.25) is 0 Å². The minimum absolute atomic E-state index is 0.341. The first-order valence-electron chi connectivity index (χ1n) is 12.7. The van der Waals surface area contributed by atoms with Crippen molar-refractivity contribution < 1.29 is 18.3 Å². The molecule has 2 aromatic carbocycles. The summed E-state index contributed by atoms with van der Waals surface area (Å²) >= 11 is 1.28. The van der Waals surface area contributed by atoms with Crippen LogP contribution in [0, 0.1) is 5.82 Å². The number of ether oxygens (including phenoxy) is 2. The number of morpholine rings is 1. The summed E-state index contributed by atoms with van der Waals surface area (Å²) in [7, 11) is 3.39. The van der Waals surface area contributed by atoms with Crippen molar-refractivity contribution in [1.82, 2.24) is 15.0 Å². The highest BCUT2D eigenvalue weighted by atomic mass is 32.2. The van der Waals surface area contributed by atoms with Gasteiger partial charge in [-0.3, -0.25) is 4.39 Å². The molecule has 11 heteroatoms. The zero-order valence-corrected chi connectivity index (χ0v) is 22.7. The molecule has 0 spiro atoms. The van der Waals surface area contributed by atoms with Gasteiger partial charge in [-0.05, 0) is 42.3 Å². The Morgan fingerprint density at radius 3 is 2.67 bits per heavy atom. The smallest absolute Gasteiger partial charge is 0.163 e. The van der Waals surface area contributed by atoms with Gasteiger partial charge in [-0.15, -0.1) is 0 Å². The number of rotatable bonds is 10. The highest BCUT2D eigenvalue weighted by Crippen LogP contribution is 2.39. The molecule has 5 rings (SSSR count). The Hall–Kier alpha value is -3.70. The third kappa shape index (κ3) is 5.84. The normalized spacial score (nSPS) is 13.5. The van der Waals surface area contributed by atoms with Crippen molar-refractivity contribution >= 4 is 40.2 Å². The zero-order chi connectivity index (χ0) is 27.2. The van der Waals surface area contributed by atoms with Crippen LogP contribution in [0.25, 0.3) is 33.4 Å². The maximum Gasteiger partial charge on any atom is 0.163 e. The summed E-state index contributed by atoms with van der Waals surface area (Å²) in [5.41, 5.74) is 2.79. The molecule has 0 bridgehead atoms. The molecule has 1 aliphatic rings. The first kappa shape index (κ1) is 26.9. The quantitative estimate of drug-likeness (QED) is 0.187. The van der Waals surface area contributed by atoms with Gasteiger partial charge in [0.25, 0.3) is 0 Å². The molecule has 1 aliphatic heterocycles. The predicted molar refractivity (Wildman–Crippen MR) is 154 cm³/mol. The lowest BCUT2D eigenvalue weighted by Crippen LogP contribution is -2.37. The van der Waals surface area contributed by atoms with Gasteiger partial charge in [0, 0.05) is 48.6 Å². The van der Waals surface area contributed by atoms with Crippen LogP contribution in [0.4, 0.5) is 26.1 Å². The second kappa shape index (κ2) is 12.4. The summed E-state index contributed by atoms with van der Waals surface area (Å²) < 4.78 is 42.5. The van der Waals surface area contributed by atoms with Crippen LogP contribution >= 0.6 is 11.9 Å².